The first-order valence-electron chi connectivity index (χ1n) is 6.15. The van der Waals surface area contributed by atoms with E-state index >= 15 is 0 Å². The van der Waals surface area contributed by atoms with E-state index in [0.717, 1.165) is 11.1 Å². The number of hydrogen-bond donors (Lipinski definition) is 1. The number of rotatable bonds is 3. The summed E-state index contributed by atoms with van der Waals surface area (Å²) in [6, 6.07) is 5.24. The second kappa shape index (κ2) is 5.65. The van der Waals surface area contributed by atoms with Gasteiger partial charge in [0.25, 0.3) is 0 Å². The van der Waals surface area contributed by atoms with Crippen LogP contribution in [0.2, 0.25) is 0 Å². The molecule has 4 nitrogen and oxygen atoms in total. The molecule has 1 aromatic carbocycles. The minimum Gasteiger partial charge on any atom is -0.480 e. The van der Waals surface area contributed by atoms with E-state index < -0.39 is 12.0 Å². The van der Waals surface area contributed by atoms with Crippen LogP contribution in [0.15, 0.2) is 18.2 Å². The van der Waals surface area contributed by atoms with Crippen LogP contribution in [0.4, 0.5) is 0 Å². The lowest BCUT2D eigenvalue weighted by Gasteiger charge is -2.20. The van der Waals surface area contributed by atoms with Crippen LogP contribution in [0.25, 0.3) is 0 Å². The molecule has 0 bridgehead atoms. The van der Waals surface area contributed by atoms with Crippen LogP contribution in [0, 0.1) is 13.8 Å². The zero-order chi connectivity index (χ0) is 14.0. The number of carbonyl (C=O) groups excluding carboxylic acids is 1. The van der Waals surface area contributed by atoms with Gasteiger partial charge in [-0.05, 0) is 30.5 Å². The van der Waals surface area contributed by atoms with Gasteiger partial charge in [-0.25, -0.2) is 4.79 Å². The Hall–Kier alpha value is -1.49. The fourth-order valence-electron chi connectivity index (χ4n) is 2.08. The quantitative estimate of drug-likeness (QED) is 0.917. The molecule has 1 aromatic rings. The van der Waals surface area contributed by atoms with Crippen LogP contribution in [0.1, 0.15) is 16.7 Å². The van der Waals surface area contributed by atoms with Crippen molar-refractivity contribution in [2.45, 2.75) is 26.3 Å². The van der Waals surface area contributed by atoms with Crippen LogP contribution in [0.3, 0.4) is 0 Å². The molecule has 102 valence electrons. The molecule has 0 radical (unpaired) electrons. The van der Waals surface area contributed by atoms with Crippen molar-refractivity contribution in [1.29, 1.82) is 0 Å². The Balaban J connectivity index is 2.08. The molecule has 1 saturated heterocycles. The van der Waals surface area contributed by atoms with E-state index in [-0.39, 0.29) is 12.3 Å². The van der Waals surface area contributed by atoms with E-state index in [1.165, 1.54) is 22.2 Å². The van der Waals surface area contributed by atoms with Crippen molar-refractivity contribution >= 4 is 23.6 Å². The minimum absolute atomic E-state index is 0.111. The highest BCUT2D eigenvalue weighted by atomic mass is 32.2. The molecule has 0 unspecified atom stereocenters. The molecule has 1 amide bonds. The lowest BCUT2D eigenvalue weighted by atomic mass is 10.0. The first-order chi connectivity index (χ1) is 8.99. The number of carboxylic acids is 1. The zero-order valence-corrected chi connectivity index (χ0v) is 11.9. The molecule has 0 aromatic heterocycles. The molecule has 19 heavy (non-hydrogen) atoms. The SMILES string of the molecule is Cc1ccc(CC(=O)N2CSC[C@H]2C(=O)O)cc1C. The fourth-order valence-corrected chi connectivity index (χ4v) is 3.25. The molecule has 0 saturated carbocycles. The summed E-state index contributed by atoms with van der Waals surface area (Å²) >= 11 is 1.49. The minimum atomic E-state index is -0.918. The summed E-state index contributed by atoms with van der Waals surface area (Å²) in [5.41, 5.74) is 3.28. The first-order valence-corrected chi connectivity index (χ1v) is 7.30. The maximum Gasteiger partial charge on any atom is 0.327 e. The number of carboxylic acid groups (broad SMARTS) is 1. The highest BCUT2D eigenvalue weighted by Gasteiger charge is 2.34. The van der Waals surface area contributed by atoms with Crippen molar-refractivity contribution in [2.75, 3.05) is 11.6 Å². The van der Waals surface area contributed by atoms with Gasteiger partial charge in [0.05, 0.1) is 12.3 Å². The van der Waals surface area contributed by atoms with Gasteiger partial charge in [-0.3, -0.25) is 4.79 Å². The van der Waals surface area contributed by atoms with Gasteiger partial charge in [-0.1, -0.05) is 18.2 Å². The Kier molecular flexibility index (Phi) is 4.14. The Morgan fingerprint density at radius 1 is 1.37 bits per heavy atom. The average molecular weight is 279 g/mol. The van der Waals surface area contributed by atoms with Crippen LogP contribution in [0.5, 0.6) is 0 Å². The van der Waals surface area contributed by atoms with Gasteiger partial charge in [0.2, 0.25) is 5.91 Å². The summed E-state index contributed by atoms with van der Waals surface area (Å²) in [6.45, 7) is 4.04. The normalized spacial score (nSPS) is 18.6. The number of thioether (sulfide) groups is 1. The topological polar surface area (TPSA) is 57.6 Å². The Labute approximate surface area is 116 Å². The molecule has 0 spiro atoms. The van der Waals surface area contributed by atoms with Crippen molar-refractivity contribution in [1.82, 2.24) is 4.90 Å². The maximum absolute atomic E-state index is 12.2. The molecule has 5 heteroatoms. The lowest BCUT2D eigenvalue weighted by molar-refractivity contribution is -0.147. The van der Waals surface area contributed by atoms with E-state index in [4.69, 9.17) is 5.11 Å². The van der Waals surface area contributed by atoms with E-state index in [9.17, 15) is 9.59 Å². The number of benzene rings is 1. The van der Waals surface area contributed by atoms with E-state index in [1.54, 1.807) is 0 Å². The van der Waals surface area contributed by atoms with Crippen molar-refractivity contribution in [2.24, 2.45) is 0 Å². The van der Waals surface area contributed by atoms with Gasteiger partial charge in [0.1, 0.15) is 6.04 Å². The zero-order valence-electron chi connectivity index (χ0n) is 11.0. The second-order valence-electron chi connectivity index (χ2n) is 4.81. The highest BCUT2D eigenvalue weighted by molar-refractivity contribution is 7.99. The number of hydrogen-bond acceptors (Lipinski definition) is 3. The second-order valence-corrected chi connectivity index (χ2v) is 5.81. The Bertz CT molecular complexity index is 515. The van der Waals surface area contributed by atoms with Crippen molar-refractivity contribution < 1.29 is 14.7 Å². The van der Waals surface area contributed by atoms with Gasteiger partial charge in [0, 0.05) is 5.75 Å². The molecule has 2 rings (SSSR count). The largest absolute Gasteiger partial charge is 0.480 e. The smallest absolute Gasteiger partial charge is 0.327 e. The fraction of sp³-hybridized carbons (Fsp3) is 0.429. The number of aryl methyl sites for hydroxylation is 2. The maximum atomic E-state index is 12.2. The number of aliphatic carboxylic acids is 1. The van der Waals surface area contributed by atoms with E-state index in [0.29, 0.717) is 11.6 Å². The molecule has 1 atom stereocenters. The van der Waals surface area contributed by atoms with Crippen LogP contribution < -0.4 is 0 Å². The monoisotopic (exact) mass is 279 g/mol. The molecule has 0 aliphatic carbocycles. The standard InChI is InChI=1S/C14H17NO3S/c1-9-3-4-11(5-10(9)2)6-13(16)15-8-19-7-12(15)14(17)18/h3-5,12H,6-8H2,1-2H3,(H,17,18)/t12-/m0/s1. The summed E-state index contributed by atoms with van der Waals surface area (Å²) in [5.74, 6) is -0.0756. The predicted molar refractivity (Wildman–Crippen MR) is 75.2 cm³/mol. The average Bonchev–Trinajstić information content (AvgIpc) is 2.83. The van der Waals surface area contributed by atoms with E-state index in [2.05, 4.69) is 0 Å². The number of nitrogens with zero attached hydrogens (tertiary/aromatic N) is 1. The first kappa shape index (κ1) is 13.9. The molecular weight excluding hydrogens is 262 g/mol. The van der Waals surface area contributed by atoms with Crippen LogP contribution >= 0.6 is 11.8 Å². The highest BCUT2D eigenvalue weighted by Crippen LogP contribution is 2.22. The summed E-state index contributed by atoms with van der Waals surface area (Å²) in [6.07, 6.45) is 0.269. The van der Waals surface area contributed by atoms with Crippen molar-refractivity contribution in [3.63, 3.8) is 0 Å². The van der Waals surface area contributed by atoms with Gasteiger partial charge >= 0.3 is 5.97 Å². The van der Waals surface area contributed by atoms with Gasteiger partial charge in [-0.2, -0.15) is 0 Å². The molecule has 1 N–H and O–H groups in total. The number of amides is 1. The summed E-state index contributed by atoms with van der Waals surface area (Å²) in [7, 11) is 0. The van der Waals surface area contributed by atoms with Gasteiger partial charge in [0.15, 0.2) is 0 Å². The predicted octanol–water partition coefficient (Wildman–Crippen LogP) is 1.83. The van der Waals surface area contributed by atoms with Gasteiger partial charge in [-0.15, -0.1) is 11.8 Å². The Morgan fingerprint density at radius 2 is 2.11 bits per heavy atom. The van der Waals surface area contributed by atoms with Crippen LogP contribution in [-0.2, 0) is 16.0 Å². The summed E-state index contributed by atoms with van der Waals surface area (Å²) in [4.78, 5) is 24.7. The Morgan fingerprint density at radius 3 is 2.74 bits per heavy atom. The van der Waals surface area contributed by atoms with Crippen molar-refractivity contribution in [3.8, 4) is 0 Å². The molecule has 1 aliphatic heterocycles. The molecule has 1 heterocycles. The van der Waals surface area contributed by atoms with Gasteiger partial charge < -0.3 is 10.0 Å². The molecule has 1 fully saturated rings. The number of carbonyl (C=O) groups is 2. The van der Waals surface area contributed by atoms with E-state index in [1.807, 2.05) is 32.0 Å². The third-order valence-corrected chi connectivity index (χ3v) is 4.43. The summed E-state index contributed by atoms with van der Waals surface area (Å²) < 4.78 is 0. The third kappa shape index (κ3) is 3.10. The summed E-state index contributed by atoms with van der Waals surface area (Å²) in [5, 5.41) is 9.07. The molecule has 1 aliphatic rings. The van der Waals surface area contributed by atoms with Crippen molar-refractivity contribution in [3.05, 3.63) is 34.9 Å². The third-order valence-electron chi connectivity index (χ3n) is 3.41. The molecular formula is C14H17NO3S. The van der Waals surface area contributed by atoms with Crippen LogP contribution in [-0.4, -0.2) is 39.6 Å². The lowest BCUT2D eigenvalue weighted by Crippen LogP contribution is -2.42.